The molecule has 9 nitrogen and oxygen atoms in total. The van der Waals surface area contributed by atoms with E-state index in [1.165, 1.54) is 0 Å². The lowest BCUT2D eigenvalue weighted by Gasteiger charge is -2.26. The predicted molar refractivity (Wildman–Crippen MR) is 76.4 cm³/mol. The average molecular weight is 285 g/mol. The third kappa shape index (κ3) is 11.6. The van der Waals surface area contributed by atoms with Crippen molar-refractivity contribution >= 4 is 0 Å². The fraction of sp³-hybridized carbons (Fsp3) is 1.00. The van der Waals surface area contributed by atoms with Crippen molar-refractivity contribution in [1.82, 2.24) is 4.90 Å². The van der Waals surface area contributed by atoms with Crippen molar-refractivity contribution in [3.8, 4) is 0 Å². The van der Waals surface area contributed by atoms with Crippen LogP contribution in [0.15, 0.2) is 10.2 Å². The Balaban J connectivity index is 3.65. The molecule has 0 spiro atoms. The molecule has 114 valence electrons. The van der Waals surface area contributed by atoms with E-state index >= 15 is 0 Å². The molecule has 0 radical (unpaired) electrons. The van der Waals surface area contributed by atoms with Gasteiger partial charge in [0.2, 0.25) is 0 Å². The van der Waals surface area contributed by atoms with Crippen LogP contribution in [0.4, 0.5) is 0 Å². The molecule has 0 aliphatic rings. The van der Waals surface area contributed by atoms with Crippen LogP contribution in [0.5, 0.6) is 0 Å². The van der Waals surface area contributed by atoms with Gasteiger partial charge in [-0.25, -0.2) is 0 Å². The summed E-state index contributed by atoms with van der Waals surface area (Å²) in [6, 6.07) is 0.399. The first-order valence-electron chi connectivity index (χ1n) is 6.63. The van der Waals surface area contributed by atoms with E-state index in [1.807, 2.05) is 0 Å². The van der Waals surface area contributed by atoms with Gasteiger partial charge in [-0.3, -0.25) is 4.90 Å². The highest BCUT2D eigenvalue weighted by atomic mass is 16.5. The number of rotatable bonds is 13. The summed E-state index contributed by atoms with van der Waals surface area (Å²) in [7, 11) is 0. The minimum absolute atomic E-state index is 0.362. The summed E-state index contributed by atoms with van der Waals surface area (Å²) in [6.07, 6.45) is 0. The highest BCUT2D eigenvalue weighted by Gasteiger charge is 2.08. The van der Waals surface area contributed by atoms with Gasteiger partial charge in [-0.2, -0.15) is 0 Å². The third-order valence-electron chi connectivity index (χ3n) is 2.57. The Morgan fingerprint density at radius 2 is 1.35 bits per heavy atom. The van der Waals surface area contributed by atoms with Crippen molar-refractivity contribution in [3.05, 3.63) is 20.9 Å². The molecular formula is C11H23N7O2. The van der Waals surface area contributed by atoms with E-state index in [0.29, 0.717) is 45.6 Å². The first-order chi connectivity index (χ1) is 9.72. The summed E-state index contributed by atoms with van der Waals surface area (Å²) in [5, 5.41) is 6.79. The van der Waals surface area contributed by atoms with Gasteiger partial charge in [0.05, 0.1) is 26.4 Å². The van der Waals surface area contributed by atoms with Gasteiger partial charge >= 0.3 is 0 Å². The quantitative estimate of drug-likeness (QED) is 0.223. The second-order valence-corrected chi connectivity index (χ2v) is 4.26. The number of nitrogens with zero attached hydrogens (tertiary/aromatic N) is 7. The topological polar surface area (TPSA) is 119 Å². The number of hydrogen-bond donors (Lipinski definition) is 0. The fourth-order valence-electron chi connectivity index (χ4n) is 1.50. The Hall–Kier alpha value is -1.50. The summed E-state index contributed by atoms with van der Waals surface area (Å²) in [5.74, 6) is 0. The maximum atomic E-state index is 8.11. The zero-order valence-electron chi connectivity index (χ0n) is 12.2. The number of azide groups is 2. The minimum Gasteiger partial charge on any atom is -0.380 e. The van der Waals surface area contributed by atoms with Crippen LogP contribution in [-0.2, 0) is 9.47 Å². The highest BCUT2D eigenvalue weighted by molar-refractivity contribution is 4.62. The standard InChI is InChI=1S/C11H23N7O2/c1-11(2)18(5-9-19-7-3-14-16-12)6-10-20-8-4-15-17-13/h11H,3-10H2,1-2H3. The molecular weight excluding hydrogens is 262 g/mol. The smallest absolute Gasteiger partial charge is 0.0593 e. The van der Waals surface area contributed by atoms with Crippen LogP contribution in [0.25, 0.3) is 20.9 Å². The molecule has 0 bridgehead atoms. The molecule has 0 aliphatic carbocycles. The summed E-state index contributed by atoms with van der Waals surface area (Å²) in [5.41, 5.74) is 16.2. The maximum absolute atomic E-state index is 8.11. The van der Waals surface area contributed by atoms with Gasteiger partial charge in [-0.1, -0.05) is 10.2 Å². The molecule has 0 heterocycles. The van der Waals surface area contributed by atoms with Crippen molar-refractivity contribution in [1.29, 1.82) is 0 Å². The van der Waals surface area contributed by atoms with Crippen molar-refractivity contribution in [2.24, 2.45) is 10.2 Å². The summed E-state index contributed by atoms with van der Waals surface area (Å²) >= 11 is 0. The van der Waals surface area contributed by atoms with Crippen molar-refractivity contribution < 1.29 is 9.47 Å². The van der Waals surface area contributed by atoms with Crippen LogP contribution in [0, 0.1) is 0 Å². The molecule has 9 heteroatoms. The maximum Gasteiger partial charge on any atom is 0.0593 e. The summed E-state index contributed by atoms with van der Waals surface area (Å²) in [4.78, 5) is 7.55. The SMILES string of the molecule is CC(C)N(CCOCCN=[N+]=[N-])CCOCCN=[N+]=[N-]. The lowest BCUT2D eigenvalue weighted by Crippen LogP contribution is -2.36. The van der Waals surface area contributed by atoms with Gasteiger partial charge in [-0.05, 0) is 24.9 Å². The second-order valence-electron chi connectivity index (χ2n) is 4.26. The van der Waals surface area contributed by atoms with Crippen LogP contribution in [0.3, 0.4) is 0 Å². The molecule has 0 aromatic rings. The van der Waals surface area contributed by atoms with Crippen molar-refractivity contribution in [2.75, 3.05) is 52.6 Å². The van der Waals surface area contributed by atoms with E-state index in [2.05, 4.69) is 38.8 Å². The molecule has 0 saturated carbocycles. The van der Waals surface area contributed by atoms with Gasteiger partial charge in [0.15, 0.2) is 0 Å². The fourth-order valence-corrected chi connectivity index (χ4v) is 1.50. The first-order valence-corrected chi connectivity index (χ1v) is 6.63. The molecule has 0 aliphatic heterocycles. The van der Waals surface area contributed by atoms with E-state index < -0.39 is 0 Å². The Kier molecular flexibility index (Phi) is 12.9. The molecule has 0 atom stereocenters. The normalized spacial score (nSPS) is 10.4. The van der Waals surface area contributed by atoms with Gasteiger partial charge in [0.1, 0.15) is 0 Å². The Morgan fingerprint density at radius 1 is 0.900 bits per heavy atom. The van der Waals surface area contributed by atoms with Gasteiger partial charge in [0, 0.05) is 42.0 Å². The lowest BCUT2D eigenvalue weighted by molar-refractivity contribution is 0.0667. The lowest BCUT2D eigenvalue weighted by atomic mass is 10.3. The zero-order valence-corrected chi connectivity index (χ0v) is 12.2. The third-order valence-corrected chi connectivity index (χ3v) is 2.57. The molecule has 0 N–H and O–H groups in total. The number of ether oxygens (including phenoxy) is 2. The predicted octanol–water partition coefficient (Wildman–Crippen LogP) is 2.35. The van der Waals surface area contributed by atoms with Gasteiger partial charge in [0.25, 0.3) is 0 Å². The number of hydrogen-bond acceptors (Lipinski definition) is 5. The van der Waals surface area contributed by atoms with Crippen LogP contribution >= 0.6 is 0 Å². The first kappa shape index (κ1) is 18.5. The van der Waals surface area contributed by atoms with Crippen LogP contribution in [0.1, 0.15) is 13.8 Å². The van der Waals surface area contributed by atoms with E-state index in [0.717, 1.165) is 13.1 Å². The summed E-state index contributed by atoms with van der Waals surface area (Å²) < 4.78 is 10.7. The van der Waals surface area contributed by atoms with Crippen molar-refractivity contribution in [3.63, 3.8) is 0 Å². The molecule has 0 fully saturated rings. The van der Waals surface area contributed by atoms with E-state index in [-0.39, 0.29) is 0 Å². The molecule has 0 rings (SSSR count). The molecule has 0 saturated heterocycles. The molecule has 0 aromatic carbocycles. The summed E-state index contributed by atoms with van der Waals surface area (Å²) in [6.45, 7) is 8.62. The monoisotopic (exact) mass is 285 g/mol. The van der Waals surface area contributed by atoms with Gasteiger partial charge in [-0.15, -0.1) is 0 Å². The average Bonchev–Trinajstić information content (AvgIpc) is 2.43. The minimum atomic E-state index is 0.362. The molecule has 0 amide bonds. The van der Waals surface area contributed by atoms with Gasteiger partial charge < -0.3 is 9.47 Å². The Labute approximate surface area is 119 Å². The van der Waals surface area contributed by atoms with Crippen LogP contribution < -0.4 is 0 Å². The zero-order chi connectivity index (χ0) is 15.1. The van der Waals surface area contributed by atoms with Crippen LogP contribution in [-0.4, -0.2) is 63.5 Å². The largest absolute Gasteiger partial charge is 0.380 e. The molecule has 20 heavy (non-hydrogen) atoms. The Morgan fingerprint density at radius 3 is 1.70 bits per heavy atom. The van der Waals surface area contributed by atoms with E-state index in [9.17, 15) is 0 Å². The van der Waals surface area contributed by atoms with E-state index in [4.69, 9.17) is 20.5 Å². The highest BCUT2D eigenvalue weighted by Crippen LogP contribution is 1.98. The van der Waals surface area contributed by atoms with Crippen molar-refractivity contribution in [2.45, 2.75) is 19.9 Å². The Bertz CT molecular complexity index is 297. The van der Waals surface area contributed by atoms with E-state index in [1.54, 1.807) is 0 Å². The molecule has 0 unspecified atom stereocenters. The molecule has 0 aromatic heterocycles. The second kappa shape index (κ2) is 13.9. The van der Waals surface area contributed by atoms with Crippen LogP contribution in [0.2, 0.25) is 0 Å².